The Kier molecular flexibility index (Phi) is 2.69. The van der Waals surface area contributed by atoms with Crippen molar-refractivity contribution in [3.63, 3.8) is 0 Å². The van der Waals surface area contributed by atoms with E-state index in [4.69, 9.17) is 0 Å². The quantitative estimate of drug-likeness (QED) is 0.739. The second-order valence-electron chi connectivity index (χ2n) is 5.11. The van der Waals surface area contributed by atoms with Gasteiger partial charge in [-0.3, -0.25) is 4.99 Å². The van der Waals surface area contributed by atoms with E-state index in [0.29, 0.717) is 5.56 Å². The average molecular weight is 288 g/mol. The number of hydrogen-bond acceptors (Lipinski definition) is 2. The van der Waals surface area contributed by atoms with Gasteiger partial charge in [-0.1, -0.05) is 30.3 Å². The van der Waals surface area contributed by atoms with Crippen molar-refractivity contribution in [2.45, 2.75) is 0 Å². The first-order valence-corrected chi connectivity index (χ1v) is 6.92. The molecule has 0 atom stereocenters. The predicted molar refractivity (Wildman–Crippen MR) is 87.3 cm³/mol. The Balaban J connectivity index is 2.13. The zero-order chi connectivity index (χ0) is 15.1. The molecular formula is C18H12N2O2. The van der Waals surface area contributed by atoms with Crippen molar-refractivity contribution in [3.8, 4) is 11.3 Å². The van der Waals surface area contributed by atoms with Crippen LogP contribution in [0.1, 0.15) is 15.9 Å². The maximum absolute atomic E-state index is 11.5. The van der Waals surface area contributed by atoms with E-state index in [2.05, 4.69) is 4.99 Å². The topological polar surface area (TPSA) is 54.6 Å². The highest BCUT2D eigenvalue weighted by molar-refractivity contribution is 6.06. The molecule has 4 heteroatoms. The molecule has 106 valence electrons. The van der Waals surface area contributed by atoms with Gasteiger partial charge in [-0.2, -0.15) is 0 Å². The van der Waals surface area contributed by atoms with E-state index in [0.717, 1.165) is 27.7 Å². The summed E-state index contributed by atoms with van der Waals surface area (Å²) in [6.45, 7) is 0. The lowest BCUT2D eigenvalue weighted by Crippen LogP contribution is -1.97. The predicted octanol–water partition coefficient (Wildman–Crippen LogP) is 3.87. The number of aromatic carboxylic acids is 1. The van der Waals surface area contributed by atoms with Gasteiger partial charge in [0.25, 0.3) is 0 Å². The molecule has 3 aromatic rings. The number of carbonyl (C=O) groups is 1. The van der Waals surface area contributed by atoms with Crippen LogP contribution in [0.2, 0.25) is 0 Å². The summed E-state index contributed by atoms with van der Waals surface area (Å²) >= 11 is 0. The van der Waals surface area contributed by atoms with Gasteiger partial charge < -0.3 is 9.67 Å². The zero-order valence-electron chi connectivity index (χ0n) is 11.6. The minimum absolute atomic E-state index is 0.309. The summed E-state index contributed by atoms with van der Waals surface area (Å²) in [6.07, 6.45) is 5.38. The Morgan fingerprint density at radius 2 is 1.95 bits per heavy atom. The van der Waals surface area contributed by atoms with Crippen molar-refractivity contribution < 1.29 is 9.90 Å². The molecule has 0 saturated heterocycles. The van der Waals surface area contributed by atoms with Crippen LogP contribution in [0.3, 0.4) is 0 Å². The van der Waals surface area contributed by atoms with Crippen molar-refractivity contribution in [1.29, 1.82) is 0 Å². The standard InChI is InChI=1S/C18H12N2O2/c21-18(22)14-6-3-7-16-15(14)10-17-13-5-2-1-4-12(13)11-19-8-9-20(16)17/h1-11H,(H,21,22). The molecule has 0 bridgehead atoms. The minimum Gasteiger partial charge on any atom is -0.478 e. The summed E-state index contributed by atoms with van der Waals surface area (Å²) in [5, 5.41) is 10.1. The number of nitrogens with zero attached hydrogens (tertiary/aromatic N) is 2. The van der Waals surface area contributed by atoms with Gasteiger partial charge >= 0.3 is 5.97 Å². The maximum atomic E-state index is 11.5. The highest BCUT2D eigenvalue weighted by Crippen LogP contribution is 2.32. The molecule has 2 heterocycles. The maximum Gasteiger partial charge on any atom is 0.336 e. The molecule has 0 radical (unpaired) electrons. The Labute approximate surface area is 126 Å². The minimum atomic E-state index is -0.919. The van der Waals surface area contributed by atoms with Crippen LogP contribution in [0.25, 0.3) is 28.4 Å². The van der Waals surface area contributed by atoms with Crippen molar-refractivity contribution in [2.24, 2.45) is 4.99 Å². The summed E-state index contributed by atoms with van der Waals surface area (Å²) in [4.78, 5) is 15.7. The van der Waals surface area contributed by atoms with E-state index >= 15 is 0 Å². The van der Waals surface area contributed by atoms with E-state index in [1.54, 1.807) is 18.3 Å². The number of aromatic nitrogens is 1. The molecule has 2 aromatic carbocycles. The van der Waals surface area contributed by atoms with Crippen molar-refractivity contribution in [2.75, 3.05) is 0 Å². The second-order valence-corrected chi connectivity index (χ2v) is 5.11. The van der Waals surface area contributed by atoms with Gasteiger partial charge in [0.1, 0.15) is 0 Å². The number of carboxylic acids is 1. The average Bonchev–Trinajstić information content (AvgIpc) is 2.87. The van der Waals surface area contributed by atoms with Gasteiger partial charge in [0.15, 0.2) is 0 Å². The fourth-order valence-electron chi connectivity index (χ4n) is 2.88. The Hall–Kier alpha value is -3.14. The number of rotatable bonds is 1. The van der Waals surface area contributed by atoms with E-state index < -0.39 is 5.97 Å². The van der Waals surface area contributed by atoms with Crippen molar-refractivity contribution in [1.82, 2.24) is 4.57 Å². The van der Waals surface area contributed by atoms with E-state index in [-0.39, 0.29) is 0 Å². The van der Waals surface area contributed by atoms with E-state index in [1.165, 1.54) is 0 Å². The number of fused-ring (bicyclic) bond motifs is 5. The Morgan fingerprint density at radius 1 is 1.09 bits per heavy atom. The summed E-state index contributed by atoms with van der Waals surface area (Å²) in [6, 6.07) is 15.2. The van der Waals surface area contributed by atoms with Crippen molar-refractivity contribution >= 4 is 29.3 Å². The molecule has 0 saturated carbocycles. The normalized spacial score (nSPS) is 12.5. The molecule has 0 spiro atoms. The van der Waals surface area contributed by atoms with Crippen LogP contribution in [0.5, 0.6) is 0 Å². The molecule has 0 aliphatic carbocycles. The van der Waals surface area contributed by atoms with Crippen LogP contribution < -0.4 is 0 Å². The van der Waals surface area contributed by atoms with Crippen LogP contribution in [0.15, 0.2) is 59.7 Å². The molecule has 0 fully saturated rings. The van der Waals surface area contributed by atoms with Gasteiger partial charge in [0.05, 0.1) is 16.8 Å². The van der Waals surface area contributed by atoms with Gasteiger partial charge in [-0.15, -0.1) is 0 Å². The van der Waals surface area contributed by atoms with Crippen LogP contribution in [0, 0.1) is 0 Å². The number of carboxylic acid groups (broad SMARTS) is 1. The molecule has 4 rings (SSSR count). The third-order valence-electron chi connectivity index (χ3n) is 3.87. The first-order chi connectivity index (χ1) is 10.8. The summed E-state index contributed by atoms with van der Waals surface area (Å²) in [5.41, 5.74) is 4.17. The van der Waals surface area contributed by atoms with Gasteiger partial charge in [0, 0.05) is 35.1 Å². The lowest BCUT2D eigenvalue weighted by Gasteiger charge is -2.10. The highest BCUT2D eigenvalue weighted by Gasteiger charge is 2.17. The fourth-order valence-corrected chi connectivity index (χ4v) is 2.88. The third-order valence-corrected chi connectivity index (χ3v) is 3.87. The second kappa shape index (κ2) is 4.70. The lowest BCUT2D eigenvalue weighted by atomic mass is 10.0. The summed E-state index contributed by atoms with van der Waals surface area (Å²) in [7, 11) is 0. The number of hydrogen-bond donors (Lipinski definition) is 1. The van der Waals surface area contributed by atoms with Gasteiger partial charge in [0.2, 0.25) is 0 Å². The first-order valence-electron chi connectivity index (χ1n) is 6.92. The summed E-state index contributed by atoms with van der Waals surface area (Å²) in [5.74, 6) is -0.919. The fraction of sp³-hybridized carbons (Fsp3) is 0. The van der Waals surface area contributed by atoms with Gasteiger partial charge in [-0.25, -0.2) is 4.79 Å². The van der Waals surface area contributed by atoms with Crippen LogP contribution in [-0.2, 0) is 0 Å². The molecule has 1 aliphatic rings. The third kappa shape index (κ3) is 1.78. The SMILES string of the molecule is O=C(O)c1cccc2c1cc1n2C=CN=Cc2ccccc2-1. The van der Waals surface area contributed by atoms with E-state index in [9.17, 15) is 9.90 Å². The van der Waals surface area contributed by atoms with Crippen LogP contribution in [-0.4, -0.2) is 21.9 Å². The smallest absolute Gasteiger partial charge is 0.336 e. The lowest BCUT2D eigenvalue weighted by molar-refractivity contribution is 0.0699. The van der Waals surface area contributed by atoms with E-state index in [1.807, 2.05) is 53.4 Å². The van der Waals surface area contributed by atoms with Gasteiger partial charge in [-0.05, 0) is 18.2 Å². The molecule has 0 unspecified atom stereocenters. The first kappa shape index (κ1) is 12.6. The molecular weight excluding hydrogens is 276 g/mol. The summed E-state index contributed by atoms with van der Waals surface area (Å²) < 4.78 is 1.98. The molecule has 0 amide bonds. The molecule has 4 nitrogen and oxygen atoms in total. The molecule has 1 aliphatic heterocycles. The monoisotopic (exact) mass is 288 g/mol. The number of aliphatic imine (C=N–C) groups is 1. The van der Waals surface area contributed by atoms with Crippen LogP contribution in [0.4, 0.5) is 0 Å². The van der Waals surface area contributed by atoms with Crippen molar-refractivity contribution in [3.05, 3.63) is 65.9 Å². The Bertz CT molecular complexity index is 964. The highest BCUT2D eigenvalue weighted by atomic mass is 16.4. The largest absolute Gasteiger partial charge is 0.478 e. The molecule has 1 N–H and O–H groups in total. The number of benzene rings is 2. The molecule has 22 heavy (non-hydrogen) atoms. The molecule has 1 aromatic heterocycles. The Morgan fingerprint density at radius 3 is 2.82 bits per heavy atom. The zero-order valence-corrected chi connectivity index (χ0v) is 11.6. The van der Waals surface area contributed by atoms with Crippen LogP contribution >= 0.6 is 0 Å².